The number of anilines is 1. The summed E-state index contributed by atoms with van der Waals surface area (Å²) in [6.07, 6.45) is 2.10. The number of hydrogen-bond donors (Lipinski definition) is 2. The Labute approximate surface area is 116 Å². The van der Waals surface area contributed by atoms with Crippen molar-refractivity contribution >= 4 is 29.3 Å². The van der Waals surface area contributed by atoms with Crippen LogP contribution in [0.15, 0.2) is 24.3 Å². The summed E-state index contributed by atoms with van der Waals surface area (Å²) in [5.74, 6) is -0.591. The van der Waals surface area contributed by atoms with Crippen molar-refractivity contribution in [1.29, 1.82) is 0 Å². The summed E-state index contributed by atoms with van der Waals surface area (Å²) in [5, 5.41) is 11.9. The van der Waals surface area contributed by atoms with Crippen LogP contribution in [0.4, 0.5) is 10.5 Å². The van der Waals surface area contributed by atoms with Gasteiger partial charge in [-0.25, -0.2) is 4.79 Å². The molecule has 19 heavy (non-hydrogen) atoms. The van der Waals surface area contributed by atoms with Crippen LogP contribution < -0.4 is 5.32 Å². The first-order chi connectivity index (χ1) is 9.06. The van der Waals surface area contributed by atoms with Gasteiger partial charge in [0.25, 0.3) is 0 Å². The second kappa shape index (κ2) is 5.93. The van der Waals surface area contributed by atoms with E-state index in [1.54, 1.807) is 24.3 Å². The maximum absolute atomic E-state index is 12.1. The number of urea groups is 1. The first-order valence-corrected chi connectivity index (χ1v) is 6.46. The predicted octanol–water partition coefficient (Wildman–Crippen LogP) is 2.67. The Kier molecular flexibility index (Phi) is 4.27. The van der Waals surface area contributed by atoms with Gasteiger partial charge in [0, 0.05) is 6.54 Å². The van der Waals surface area contributed by atoms with Crippen LogP contribution in [0.1, 0.15) is 12.8 Å². The second-order valence-corrected chi connectivity index (χ2v) is 5.03. The molecule has 1 aliphatic carbocycles. The van der Waals surface area contributed by atoms with Crippen molar-refractivity contribution in [3.63, 3.8) is 0 Å². The molecule has 5 nitrogen and oxygen atoms in total. The van der Waals surface area contributed by atoms with E-state index in [-0.39, 0.29) is 6.54 Å². The number of carbonyl (C=O) groups is 2. The third-order valence-corrected chi connectivity index (χ3v) is 3.23. The standard InChI is InChI=1S/C13H15ClN2O3/c14-10-3-1-2-4-11(10)15-13(19)16(8-12(17)18)7-9-5-6-9/h1-4,9H,5-8H2,(H,15,19)(H,17,18). The average Bonchev–Trinajstić information content (AvgIpc) is 3.14. The van der Waals surface area contributed by atoms with Crippen LogP contribution in [0.25, 0.3) is 0 Å². The number of benzene rings is 1. The van der Waals surface area contributed by atoms with Crippen molar-refractivity contribution in [2.24, 2.45) is 5.92 Å². The van der Waals surface area contributed by atoms with Gasteiger partial charge in [0.15, 0.2) is 0 Å². The smallest absolute Gasteiger partial charge is 0.323 e. The van der Waals surface area contributed by atoms with Gasteiger partial charge in [-0.2, -0.15) is 0 Å². The van der Waals surface area contributed by atoms with Gasteiger partial charge in [-0.15, -0.1) is 0 Å². The zero-order chi connectivity index (χ0) is 13.8. The highest BCUT2D eigenvalue weighted by atomic mass is 35.5. The van der Waals surface area contributed by atoms with E-state index < -0.39 is 12.0 Å². The molecule has 0 atom stereocenters. The number of halogens is 1. The molecule has 1 aromatic rings. The molecular weight excluding hydrogens is 268 g/mol. The van der Waals surface area contributed by atoms with Crippen LogP contribution in [0, 0.1) is 5.92 Å². The number of nitrogens with one attached hydrogen (secondary N) is 1. The molecule has 2 amide bonds. The highest BCUT2D eigenvalue weighted by molar-refractivity contribution is 6.33. The monoisotopic (exact) mass is 282 g/mol. The highest BCUT2D eigenvalue weighted by Crippen LogP contribution is 2.30. The van der Waals surface area contributed by atoms with Crippen LogP contribution in [0.3, 0.4) is 0 Å². The predicted molar refractivity (Wildman–Crippen MR) is 72.4 cm³/mol. The van der Waals surface area contributed by atoms with Crippen LogP contribution in [0.5, 0.6) is 0 Å². The van der Waals surface area contributed by atoms with E-state index in [4.69, 9.17) is 16.7 Å². The Hall–Kier alpha value is -1.75. The summed E-state index contributed by atoms with van der Waals surface area (Å²) in [6, 6.07) is 6.43. The number of nitrogens with zero attached hydrogens (tertiary/aromatic N) is 1. The summed E-state index contributed by atoms with van der Waals surface area (Å²) in [5.41, 5.74) is 0.486. The molecular formula is C13H15ClN2O3. The SMILES string of the molecule is O=C(O)CN(CC1CC1)C(=O)Nc1ccccc1Cl. The van der Waals surface area contributed by atoms with Crippen LogP contribution in [-0.4, -0.2) is 35.1 Å². The lowest BCUT2D eigenvalue weighted by molar-refractivity contribution is -0.137. The van der Waals surface area contributed by atoms with Crippen molar-refractivity contribution in [3.05, 3.63) is 29.3 Å². The Morgan fingerprint density at radius 1 is 1.37 bits per heavy atom. The van der Waals surface area contributed by atoms with Gasteiger partial charge in [-0.05, 0) is 30.9 Å². The molecule has 0 aliphatic heterocycles. The fourth-order valence-electron chi connectivity index (χ4n) is 1.75. The van der Waals surface area contributed by atoms with Crippen molar-refractivity contribution in [1.82, 2.24) is 4.90 Å². The molecule has 0 aromatic heterocycles. The molecule has 102 valence electrons. The van der Waals surface area contributed by atoms with E-state index in [1.807, 2.05) is 0 Å². The molecule has 0 saturated heterocycles. The average molecular weight is 283 g/mol. The summed E-state index contributed by atoms with van der Waals surface area (Å²) in [4.78, 5) is 24.2. The Bertz CT molecular complexity index is 489. The zero-order valence-electron chi connectivity index (χ0n) is 10.3. The van der Waals surface area contributed by atoms with Crippen molar-refractivity contribution < 1.29 is 14.7 Å². The van der Waals surface area contributed by atoms with Gasteiger partial charge >= 0.3 is 12.0 Å². The Morgan fingerprint density at radius 3 is 2.63 bits per heavy atom. The van der Waals surface area contributed by atoms with E-state index in [1.165, 1.54) is 4.90 Å². The number of amides is 2. The minimum Gasteiger partial charge on any atom is -0.480 e. The number of rotatable bonds is 5. The zero-order valence-corrected chi connectivity index (χ0v) is 11.1. The summed E-state index contributed by atoms with van der Waals surface area (Å²) in [7, 11) is 0. The molecule has 0 bridgehead atoms. The third kappa shape index (κ3) is 4.13. The maximum Gasteiger partial charge on any atom is 0.323 e. The number of carbonyl (C=O) groups excluding carboxylic acids is 1. The molecule has 2 rings (SSSR count). The van der Waals surface area contributed by atoms with Crippen LogP contribution in [0.2, 0.25) is 5.02 Å². The molecule has 1 fully saturated rings. The topological polar surface area (TPSA) is 69.6 Å². The normalized spacial score (nSPS) is 13.9. The van der Waals surface area contributed by atoms with Crippen molar-refractivity contribution in [2.45, 2.75) is 12.8 Å². The van der Waals surface area contributed by atoms with Gasteiger partial charge < -0.3 is 15.3 Å². The largest absolute Gasteiger partial charge is 0.480 e. The molecule has 1 aliphatic rings. The lowest BCUT2D eigenvalue weighted by Crippen LogP contribution is -2.40. The molecule has 2 N–H and O–H groups in total. The summed E-state index contributed by atoms with van der Waals surface area (Å²) < 4.78 is 0. The first-order valence-electron chi connectivity index (χ1n) is 6.08. The number of hydrogen-bond acceptors (Lipinski definition) is 2. The number of para-hydroxylation sites is 1. The van der Waals surface area contributed by atoms with E-state index in [0.29, 0.717) is 23.2 Å². The minimum atomic E-state index is -1.02. The summed E-state index contributed by atoms with van der Waals surface area (Å²) >= 11 is 5.95. The molecule has 1 saturated carbocycles. The highest BCUT2D eigenvalue weighted by Gasteiger charge is 2.28. The van der Waals surface area contributed by atoms with Crippen molar-refractivity contribution in [2.75, 3.05) is 18.4 Å². The van der Waals surface area contributed by atoms with Gasteiger partial charge in [-0.1, -0.05) is 23.7 Å². The van der Waals surface area contributed by atoms with Gasteiger partial charge in [-0.3, -0.25) is 4.79 Å². The maximum atomic E-state index is 12.1. The number of carboxylic acid groups (broad SMARTS) is 1. The van der Waals surface area contributed by atoms with E-state index >= 15 is 0 Å². The van der Waals surface area contributed by atoms with E-state index in [0.717, 1.165) is 12.8 Å². The van der Waals surface area contributed by atoms with Crippen LogP contribution >= 0.6 is 11.6 Å². The number of carboxylic acids is 1. The van der Waals surface area contributed by atoms with Gasteiger partial charge in [0.05, 0.1) is 10.7 Å². The van der Waals surface area contributed by atoms with Crippen molar-refractivity contribution in [3.8, 4) is 0 Å². The Morgan fingerprint density at radius 2 is 2.05 bits per heavy atom. The Balaban J connectivity index is 2.01. The summed E-state index contributed by atoms with van der Waals surface area (Å²) in [6.45, 7) is 0.176. The molecule has 1 aromatic carbocycles. The minimum absolute atomic E-state index is 0.299. The van der Waals surface area contributed by atoms with Gasteiger partial charge in [0.2, 0.25) is 0 Å². The first kappa shape index (κ1) is 13.7. The molecule has 0 unspecified atom stereocenters. The van der Waals surface area contributed by atoms with Gasteiger partial charge in [0.1, 0.15) is 6.54 Å². The second-order valence-electron chi connectivity index (χ2n) is 4.63. The molecule has 0 radical (unpaired) electrons. The lowest BCUT2D eigenvalue weighted by atomic mass is 10.3. The molecule has 6 heteroatoms. The fourth-order valence-corrected chi connectivity index (χ4v) is 1.93. The third-order valence-electron chi connectivity index (χ3n) is 2.90. The van der Waals surface area contributed by atoms with E-state index in [2.05, 4.69) is 5.32 Å². The molecule has 0 heterocycles. The van der Waals surface area contributed by atoms with Crippen LogP contribution in [-0.2, 0) is 4.79 Å². The number of aliphatic carboxylic acids is 1. The quantitative estimate of drug-likeness (QED) is 0.872. The molecule has 0 spiro atoms. The van der Waals surface area contributed by atoms with E-state index in [9.17, 15) is 9.59 Å². The lowest BCUT2D eigenvalue weighted by Gasteiger charge is -2.21. The fraction of sp³-hybridized carbons (Fsp3) is 0.385.